The number of thiazole rings is 1. The van der Waals surface area contributed by atoms with Gasteiger partial charge in [0, 0.05) is 12.5 Å². The molecule has 25 heavy (non-hydrogen) atoms. The highest BCUT2D eigenvalue weighted by atomic mass is 32.1. The summed E-state index contributed by atoms with van der Waals surface area (Å²) < 4.78 is 12.3. The maximum Gasteiger partial charge on any atom is 0.255 e. The average Bonchev–Trinajstić information content (AvgIpc) is 3.09. The van der Waals surface area contributed by atoms with E-state index >= 15 is 0 Å². The minimum absolute atomic E-state index is 0.137. The lowest BCUT2D eigenvalue weighted by Gasteiger charge is -2.20. The van der Waals surface area contributed by atoms with Crippen molar-refractivity contribution in [2.45, 2.75) is 12.8 Å². The highest BCUT2D eigenvalue weighted by Gasteiger charge is 2.21. The van der Waals surface area contributed by atoms with Gasteiger partial charge in [-0.05, 0) is 24.3 Å². The number of fused-ring (bicyclic) bond motifs is 2. The van der Waals surface area contributed by atoms with Crippen molar-refractivity contribution in [1.29, 1.82) is 0 Å². The molecule has 1 aliphatic heterocycles. The molecular weight excluding hydrogens is 336 g/mol. The number of para-hydroxylation sites is 2. The zero-order valence-electron chi connectivity index (χ0n) is 13.8. The van der Waals surface area contributed by atoms with E-state index in [2.05, 4.69) is 23.3 Å². The summed E-state index contributed by atoms with van der Waals surface area (Å²) in [5, 5.41) is 4.01. The van der Waals surface area contributed by atoms with Crippen molar-refractivity contribution in [3.8, 4) is 11.5 Å². The second kappa shape index (κ2) is 6.72. The number of nitrogens with zero attached hydrogens (tertiary/aromatic N) is 1. The van der Waals surface area contributed by atoms with Gasteiger partial charge in [-0.3, -0.25) is 4.79 Å². The first kappa shape index (κ1) is 15.9. The summed E-state index contributed by atoms with van der Waals surface area (Å²) in [6.45, 7) is 3.55. The Kier molecular flexibility index (Phi) is 4.28. The molecule has 0 saturated heterocycles. The van der Waals surface area contributed by atoms with Gasteiger partial charge in [-0.2, -0.15) is 0 Å². The van der Waals surface area contributed by atoms with Crippen LogP contribution in [0.1, 0.15) is 28.2 Å². The standard InChI is InChI=1S/C19H18N2O3S/c1-12(19-21-14-6-2-3-8-16(14)25-19)11-20-18(22)13-5-4-7-15-17(13)24-10-9-23-15/h2-8,12H,9-11H2,1H3,(H,20,22). The number of rotatable bonds is 4. The molecule has 128 valence electrons. The maximum absolute atomic E-state index is 12.6. The second-order valence-electron chi connectivity index (χ2n) is 5.96. The fraction of sp³-hybridized carbons (Fsp3) is 0.263. The Hall–Kier alpha value is -2.60. The zero-order valence-corrected chi connectivity index (χ0v) is 14.6. The topological polar surface area (TPSA) is 60.5 Å². The van der Waals surface area contributed by atoms with Crippen LogP contribution in [0.2, 0.25) is 0 Å². The lowest BCUT2D eigenvalue weighted by Crippen LogP contribution is -2.29. The third-order valence-electron chi connectivity index (χ3n) is 4.11. The van der Waals surface area contributed by atoms with E-state index < -0.39 is 0 Å². The first-order valence-electron chi connectivity index (χ1n) is 8.24. The summed E-state index contributed by atoms with van der Waals surface area (Å²) in [5.74, 6) is 1.13. The van der Waals surface area contributed by atoms with Gasteiger partial charge in [0.25, 0.3) is 5.91 Å². The molecule has 3 aromatic rings. The Morgan fingerprint density at radius 1 is 1.20 bits per heavy atom. The van der Waals surface area contributed by atoms with E-state index in [1.165, 1.54) is 4.70 Å². The summed E-state index contributed by atoms with van der Waals surface area (Å²) in [6, 6.07) is 13.4. The predicted molar refractivity (Wildman–Crippen MR) is 97.8 cm³/mol. The second-order valence-corrected chi connectivity index (χ2v) is 7.02. The molecular formula is C19H18N2O3S. The van der Waals surface area contributed by atoms with Crippen molar-refractivity contribution in [2.24, 2.45) is 0 Å². The van der Waals surface area contributed by atoms with Crippen LogP contribution in [-0.4, -0.2) is 30.6 Å². The first-order valence-corrected chi connectivity index (χ1v) is 9.06. The number of aromatic nitrogens is 1. The molecule has 1 atom stereocenters. The first-order chi connectivity index (χ1) is 12.2. The monoisotopic (exact) mass is 354 g/mol. The minimum Gasteiger partial charge on any atom is -0.486 e. The van der Waals surface area contributed by atoms with Crippen LogP contribution in [0.3, 0.4) is 0 Å². The summed E-state index contributed by atoms with van der Waals surface area (Å²) >= 11 is 1.67. The van der Waals surface area contributed by atoms with Gasteiger partial charge in [-0.25, -0.2) is 4.98 Å². The Bertz CT molecular complexity index is 889. The van der Waals surface area contributed by atoms with Gasteiger partial charge in [0.2, 0.25) is 0 Å². The van der Waals surface area contributed by atoms with Crippen LogP contribution in [0.4, 0.5) is 0 Å². The van der Waals surface area contributed by atoms with Gasteiger partial charge in [0.1, 0.15) is 13.2 Å². The van der Waals surface area contributed by atoms with E-state index in [9.17, 15) is 4.79 Å². The number of hydrogen-bond donors (Lipinski definition) is 1. The number of amides is 1. The summed E-state index contributed by atoms with van der Waals surface area (Å²) in [6.07, 6.45) is 0. The smallest absolute Gasteiger partial charge is 0.255 e. The third kappa shape index (κ3) is 3.17. The largest absolute Gasteiger partial charge is 0.486 e. The molecule has 5 nitrogen and oxygen atoms in total. The molecule has 0 spiro atoms. The number of carbonyl (C=O) groups excluding carboxylic acids is 1. The van der Waals surface area contributed by atoms with E-state index in [4.69, 9.17) is 9.47 Å². The summed E-state index contributed by atoms with van der Waals surface area (Å²) in [4.78, 5) is 17.2. The molecule has 1 amide bonds. The van der Waals surface area contributed by atoms with Crippen LogP contribution >= 0.6 is 11.3 Å². The van der Waals surface area contributed by atoms with Gasteiger partial charge in [0.15, 0.2) is 11.5 Å². The van der Waals surface area contributed by atoms with Crippen LogP contribution in [0, 0.1) is 0 Å². The quantitative estimate of drug-likeness (QED) is 0.778. The van der Waals surface area contributed by atoms with E-state index in [1.54, 1.807) is 23.5 Å². The van der Waals surface area contributed by atoms with Crippen LogP contribution < -0.4 is 14.8 Å². The SMILES string of the molecule is CC(CNC(=O)c1cccc2c1OCCO2)c1nc2ccccc2s1. The molecule has 0 fully saturated rings. The van der Waals surface area contributed by atoms with Gasteiger partial charge in [-0.1, -0.05) is 25.1 Å². The minimum atomic E-state index is -0.157. The van der Waals surface area contributed by atoms with Gasteiger partial charge in [0.05, 0.1) is 20.8 Å². The van der Waals surface area contributed by atoms with Crippen LogP contribution in [0.15, 0.2) is 42.5 Å². The van der Waals surface area contributed by atoms with Crippen LogP contribution in [-0.2, 0) is 0 Å². The third-order valence-corrected chi connectivity index (χ3v) is 5.38. The van der Waals surface area contributed by atoms with Crippen molar-refractivity contribution < 1.29 is 14.3 Å². The van der Waals surface area contributed by atoms with E-state index in [0.29, 0.717) is 36.8 Å². The lowest BCUT2D eigenvalue weighted by atomic mass is 10.1. The van der Waals surface area contributed by atoms with Crippen LogP contribution in [0.5, 0.6) is 11.5 Å². The van der Waals surface area contributed by atoms with Crippen LogP contribution in [0.25, 0.3) is 10.2 Å². The fourth-order valence-electron chi connectivity index (χ4n) is 2.78. The van der Waals surface area contributed by atoms with E-state index in [1.807, 2.05) is 24.3 Å². The van der Waals surface area contributed by atoms with Gasteiger partial charge in [-0.15, -0.1) is 11.3 Å². The molecule has 2 heterocycles. The van der Waals surface area contributed by atoms with E-state index in [0.717, 1.165) is 10.5 Å². The number of benzene rings is 2. The average molecular weight is 354 g/mol. The zero-order chi connectivity index (χ0) is 17.2. The molecule has 0 radical (unpaired) electrons. The summed E-state index contributed by atoms with van der Waals surface area (Å²) in [5.41, 5.74) is 1.51. The molecule has 1 N–H and O–H groups in total. The van der Waals surface area contributed by atoms with Crippen molar-refractivity contribution in [3.05, 3.63) is 53.0 Å². The van der Waals surface area contributed by atoms with Crippen molar-refractivity contribution >= 4 is 27.5 Å². The number of hydrogen-bond acceptors (Lipinski definition) is 5. The number of ether oxygens (including phenoxy) is 2. The molecule has 1 aromatic heterocycles. The molecule has 1 unspecified atom stereocenters. The Balaban J connectivity index is 1.46. The van der Waals surface area contributed by atoms with Gasteiger partial charge < -0.3 is 14.8 Å². The molecule has 1 aliphatic rings. The number of carbonyl (C=O) groups is 1. The molecule has 0 aliphatic carbocycles. The van der Waals surface area contributed by atoms with Crippen molar-refractivity contribution in [2.75, 3.05) is 19.8 Å². The summed E-state index contributed by atoms with van der Waals surface area (Å²) in [7, 11) is 0. The fourth-order valence-corrected chi connectivity index (χ4v) is 3.80. The highest BCUT2D eigenvalue weighted by molar-refractivity contribution is 7.18. The molecule has 0 saturated carbocycles. The Labute approximate surface area is 149 Å². The Morgan fingerprint density at radius 3 is 2.92 bits per heavy atom. The maximum atomic E-state index is 12.6. The lowest BCUT2D eigenvalue weighted by molar-refractivity contribution is 0.0940. The molecule has 4 rings (SSSR count). The van der Waals surface area contributed by atoms with Gasteiger partial charge >= 0.3 is 0 Å². The number of nitrogens with one attached hydrogen (secondary N) is 1. The highest BCUT2D eigenvalue weighted by Crippen LogP contribution is 2.33. The normalized spacial score (nSPS) is 14.3. The molecule has 0 bridgehead atoms. The van der Waals surface area contributed by atoms with Crippen molar-refractivity contribution in [3.63, 3.8) is 0 Å². The predicted octanol–water partition coefficient (Wildman–Crippen LogP) is 3.60. The van der Waals surface area contributed by atoms with E-state index in [-0.39, 0.29) is 11.8 Å². The molecule has 6 heteroatoms. The Morgan fingerprint density at radius 2 is 2.04 bits per heavy atom. The molecule has 2 aromatic carbocycles. The van der Waals surface area contributed by atoms with Crippen molar-refractivity contribution in [1.82, 2.24) is 10.3 Å².